The number of imidazole rings is 1. The highest BCUT2D eigenvalue weighted by Crippen LogP contribution is 2.24. The minimum Gasteiger partial charge on any atom is -0.324 e. The molecule has 0 saturated heterocycles. The zero-order valence-electron chi connectivity index (χ0n) is 7.82. The summed E-state index contributed by atoms with van der Waals surface area (Å²) < 4.78 is 1.88. The molecule has 78 valence electrons. The molecule has 1 aromatic carbocycles. The molecule has 0 saturated carbocycles. The maximum Gasteiger partial charge on any atom is 0.126 e. The molecule has 0 spiro atoms. The van der Waals surface area contributed by atoms with Crippen LogP contribution in [0.15, 0.2) is 30.6 Å². The Bertz CT molecular complexity index is 479. The lowest BCUT2D eigenvalue weighted by Gasteiger charge is -2.07. The van der Waals surface area contributed by atoms with Crippen molar-refractivity contribution in [3.8, 4) is 5.69 Å². The van der Waals surface area contributed by atoms with E-state index in [4.69, 9.17) is 28.9 Å². The molecule has 3 nitrogen and oxygen atoms in total. The number of hydrogen-bond donors (Lipinski definition) is 1. The molecular weight excluding hydrogens is 233 g/mol. The van der Waals surface area contributed by atoms with Crippen molar-refractivity contribution in [2.45, 2.75) is 6.54 Å². The van der Waals surface area contributed by atoms with E-state index < -0.39 is 0 Å². The fraction of sp³-hybridized carbons (Fsp3) is 0.100. The quantitative estimate of drug-likeness (QED) is 0.879. The van der Waals surface area contributed by atoms with Crippen molar-refractivity contribution in [1.29, 1.82) is 0 Å². The highest BCUT2D eigenvalue weighted by atomic mass is 35.5. The van der Waals surface area contributed by atoms with Gasteiger partial charge in [-0.1, -0.05) is 23.2 Å². The smallest absolute Gasteiger partial charge is 0.126 e. The fourth-order valence-corrected chi connectivity index (χ4v) is 1.65. The molecule has 2 aromatic rings. The highest BCUT2D eigenvalue weighted by molar-refractivity contribution is 6.42. The number of rotatable bonds is 2. The van der Waals surface area contributed by atoms with Gasteiger partial charge in [0.2, 0.25) is 0 Å². The molecule has 0 aliphatic rings. The summed E-state index contributed by atoms with van der Waals surface area (Å²) in [6.07, 6.45) is 3.53. The molecule has 0 amide bonds. The average Bonchev–Trinajstić information content (AvgIpc) is 2.70. The summed E-state index contributed by atoms with van der Waals surface area (Å²) >= 11 is 11.8. The molecule has 0 unspecified atom stereocenters. The van der Waals surface area contributed by atoms with Gasteiger partial charge in [-0.3, -0.25) is 0 Å². The van der Waals surface area contributed by atoms with Crippen molar-refractivity contribution >= 4 is 23.2 Å². The number of halogens is 2. The molecule has 0 bridgehead atoms. The molecule has 0 radical (unpaired) electrons. The lowest BCUT2D eigenvalue weighted by molar-refractivity contribution is 0.868. The SMILES string of the molecule is NCc1nccn1-c1ccc(Cl)c(Cl)c1. The summed E-state index contributed by atoms with van der Waals surface area (Å²) in [4.78, 5) is 4.13. The van der Waals surface area contributed by atoms with Crippen LogP contribution in [0.2, 0.25) is 10.0 Å². The Kier molecular flexibility index (Phi) is 2.95. The van der Waals surface area contributed by atoms with E-state index in [0.717, 1.165) is 11.5 Å². The third kappa shape index (κ3) is 2.00. The van der Waals surface area contributed by atoms with Crippen molar-refractivity contribution in [1.82, 2.24) is 9.55 Å². The number of hydrogen-bond acceptors (Lipinski definition) is 2. The first kappa shape index (κ1) is 10.5. The van der Waals surface area contributed by atoms with Crippen LogP contribution in [-0.4, -0.2) is 9.55 Å². The van der Waals surface area contributed by atoms with E-state index in [2.05, 4.69) is 4.98 Å². The Morgan fingerprint density at radius 2 is 2.07 bits per heavy atom. The Morgan fingerprint density at radius 1 is 1.27 bits per heavy atom. The predicted octanol–water partition coefficient (Wildman–Crippen LogP) is 2.64. The third-order valence-electron chi connectivity index (χ3n) is 2.08. The summed E-state index contributed by atoms with van der Waals surface area (Å²) in [7, 11) is 0. The number of benzene rings is 1. The van der Waals surface area contributed by atoms with Gasteiger partial charge in [0, 0.05) is 18.1 Å². The molecule has 5 heteroatoms. The second-order valence-electron chi connectivity index (χ2n) is 3.02. The van der Waals surface area contributed by atoms with Gasteiger partial charge in [0.1, 0.15) is 5.82 Å². The van der Waals surface area contributed by atoms with Crippen LogP contribution in [0.3, 0.4) is 0 Å². The first-order chi connectivity index (χ1) is 7.22. The molecule has 2 rings (SSSR count). The van der Waals surface area contributed by atoms with E-state index >= 15 is 0 Å². The van der Waals surface area contributed by atoms with Gasteiger partial charge in [0.25, 0.3) is 0 Å². The lowest BCUT2D eigenvalue weighted by atomic mass is 10.3. The standard InChI is InChI=1S/C10H9Cl2N3/c11-8-2-1-7(5-9(8)12)15-4-3-14-10(15)6-13/h1-5H,6,13H2. The molecular formula is C10H9Cl2N3. The molecule has 0 atom stereocenters. The van der Waals surface area contributed by atoms with Gasteiger partial charge in [-0.15, -0.1) is 0 Å². The van der Waals surface area contributed by atoms with E-state index in [1.54, 1.807) is 18.3 Å². The number of aromatic nitrogens is 2. The fourth-order valence-electron chi connectivity index (χ4n) is 1.36. The van der Waals surface area contributed by atoms with Crippen LogP contribution in [0.4, 0.5) is 0 Å². The van der Waals surface area contributed by atoms with E-state index in [1.165, 1.54) is 0 Å². The van der Waals surface area contributed by atoms with E-state index in [1.807, 2.05) is 16.8 Å². The molecule has 0 aliphatic heterocycles. The lowest BCUT2D eigenvalue weighted by Crippen LogP contribution is -2.06. The second-order valence-corrected chi connectivity index (χ2v) is 3.83. The topological polar surface area (TPSA) is 43.8 Å². The second kappa shape index (κ2) is 4.23. The largest absolute Gasteiger partial charge is 0.324 e. The zero-order valence-corrected chi connectivity index (χ0v) is 9.33. The summed E-state index contributed by atoms with van der Waals surface area (Å²) in [6, 6.07) is 5.40. The maximum atomic E-state index is 5.93. The van der Waals surface area contributed by atoms with E-state index in [-0.39, 0.29) is 0 Å². The number of nitrogens with two attached hydrogens (primary N) is 1. The summed E-state index contributed by atoms with van der Waals surface area (Å²) in [6.45, 7) is 0.382. The maximum absolute atomic E-state index is 5.93. The minimum atomic E-state index is 0.382. The van der Waals surface area contributed by atoms with Crippen molar-refractivity contribution in [2.24, 2.45) is 5.73 Å². The van der Waals surface area contributed by atoms with E-state index in [0.29, 0.717) is 16.6 Å². The van der Waals surface area contributed by atoms with Gasteiger partial charge in [-0.25, -0.2) is 4.98 Å². The normalized spacial score (nSPS) is 10.6. The summed E-state index contributed by atoms with van der Waals surface area (Å²) in [5.41, 5.74) is 6.46. The molecule has 1 heterocycles. The monoisotopic (exact) mass is 241 g/mol. The van der Waals surface area contributed by atoms with Crippen LogP contribution in [0.25, 0.3) is 5.69 Å². The Morgan fingerprint density at radius 3 is 2.73 bits per heavy atom. The van der Waals surface area contributed by atoms with Crippen molar-refractivity contribution in [3.05, 3.63) is 46.5 Å². The Labute approximate surface area is 97.4 Å². The molecule has 15 heavy (non-hydrogen) atoms. The van der Waals surface area contributed by atoms with Crippen molar-refractivity contribution in [3.63, 3.8) is 0 Å². The van der Waals surface area contributed by atoms with Gasteiger partial charge in [-0.2, -0.15) is 0 Å². The van der Waals surface area contributed by atoms with Crippen LogP contribution < -0.4 is 5.73 Å². The Balaban J connectivity index is 2.50. The molecule has 1 aromatic heterocycles. The molecule has 2 N–H and O–H groups in total. The van der Waals surface area contributed by atoms with Crippen LogP contribution in [-0.2, 0) is 6.54 Å². The molecule has 0 fully saturated rings. The van der Waals surface area contributed by atoms with Gasteiger partial charge < -0.3 is 10.3 Å². The van der Waals surface area contributed by atoms with Crippen molar-refractivity contribution < 1.29 is 0 Å². The van der Waals surface area contributed by atoms with Crippen molar-refractivity contribution in [2.75, 3.05) is 0 Å². The third-order valence-corrected chi connectivity index (χ3v) is 2.82. The average molecular weight is 242 g/mol. The van der Waals surface area contributed by atoms with Gasteiger partial charge in [0.15, 0.2) is 0 Å². The summed E-state index contributed by atoms with van der Waals surface area (Å²) in [5, 5.41) is 1.06. The van der Waals surface area contributed by atoms with Gasteiger partial charge >= 0.3 is 0 Å². The molecule has 0 aliphatic carbocycles. The zero-order chi connectivity index (χ0) is 10.8. The number of nitrogens with zero attached hydrogens (tertiary/aromatic N) is 2. The van der Waals surface area contributed by atoms with Gasteiger partial charge in [-0.05, 0) is 18.2 Å². The van der Waals surface area contributed by atoms with Gasteiger partial charge in [0.05, 0.1) is 16.6 Å². The minimum absolute atomic E-state index is 0.382. The first-order valence-electron chi connectivity index (χ1n) is 4.40. The predicted molar refractivity (Wildman–Crippen MR) is 61.5 cm³/mol. The van der Waals surface area contributed by atoms with Crippen LogP contribution in [0, 0.1) is 0 Å². The summed E-state index contributed by atoms with van der Waals surface area (Å²) in [5.74, 6) is 0.786. The van der Waals surface area contributed by atoms with Crippen LogP contribution in [0.5, 0.6) is 0 Å². The van der Waals surface area contributed by atoms with Crippen LogP contribution in [0.1, 0.15) is 5.82 Å². The van der Waals surface area contributed by atoms with E-state index in [9.17, 15) is 0 Å². The van der Waals surface area contributed by atoms with Crippen LogP contribution >= 0.6 is 23.2 Å². The Hall–Kier alpha value is -1.03. The first-order valence-corrected chi connectivity index (χ1v) is 5.15. The highest BCUT2D eigenvalue weighted by Gasteiger charge is 2.05.